The molecule has 4 nitrogen and oxygen atoms in total. The quantitative estimate of drug-likeness (QED) is 0.720. The van der Waals surface area contributed by atoms with Crippen LogP contribution in [0, 0.1) is 0 Å². The molecule has 0 radical (unpaired) electrons. The van der Waals surface area contributed by atoms with Gasteiger partial charge in [0.25, 0.3) is 0 Å². The minimum atomic E-state index is 0.606. The van der Waals surface area contributed by atoms with Crippen LogP contribution in [-0.4, -0.2) is 38.2 Å². The predicted octanol–water partition coefficient (Wildman–Crippen LogP) is 3.01. The van der Waals surface area contributed by atoms with Crippen molar-refractivity contribution < 1.29 is 9.15 Å². The predicted molar refractivity (Wildman–Crippen MR) is 86.4 cm³/mol. The van der Waals surface area contributed by atoms with Crippen LogP contribution >= 0.6 is 0 Å². The molecule has 1 heterocycles. The highest BCUT2D eigenvalue weighted by atomic mass is 16.5. The zero-order chi connectivity index (χ0) is 15.1. The normalized spacial score (nSPS) is 11.6. The second-order valence-electron chi connectivity index (χ2n) is 5.11. The number of likely N-dealkylation sites (N-methyl/N-ethyl adjacent to an activating group) is 1. The molecule has 4 heteroatoms. The van der Waals surface area contributed by atoms with Crippen LogP contribution < -0.4 is 5.32 Å². The van der Waals surface area contributed by atoms with Gasteiger partial charge in [0.2, 0.25) is 0 Å². The molecule has 21 heavy (non-hydrogen) atoms. The average molecular weight is 290 g/mol. The summed E-state index contributed by atoms with van der Waals surface area (Å²) in [6.07, 6.45) is 0. The van der Waals surface area contributed by atoms with Crippen molar-refractivity contribution in [1.82, 2.24) is 10.2 Å². The maximum atomic E-state index is 5.91. The molecule has 0 aliphatic heterocycles. The summed E-state index contributed by atoms with van der Waals surface area (Å²) in [5.74, 6) is 0.974. The van der Waals surface area contributed by atoms with Crippen LogP contribution in [0.15, 0.2) is 28.7 Å². The molecule has 1 N–H and O–H groups in total. The van der Waals surface area contributed by atoms with Crippen LogP contribution in [0.3, 0.4) is 0 Å². The lowest BCUT2D eigenvalue weighted by Gasteiger charge is -2.17. The molecule has 0 aliphatic rings. The van der Waals surface area contributed by atoms with Gasteiger partial charge in [0, 0.05) is 17.5 Å². The van der Waals surface area contributed by atoms with Crippen molar-refractivity contribution in [1.29, 1.82) is 0 Å². The number of para-hydroxylation sites is 1. The molecule has 116 valence electrons. The largest absolute Gasteiger partial charge is 0.459 e. The Hall–Kier alpha value is -1.36. The molecule has 2 rings (SSSR count). The van der Waals surface area contributed by atoms with Crippen LogP contribution in [0.2, 0.25) is 0 Å². The van der Waals surface area contributed by atoms with Crippen LogP contribution in [0.1, 0.15) is 25.2 Å². The van der Waals surface area contributed by atoms with Gasteiger partial charge in [-0.2, -0.15) is 0 Å². The highest BCUT2D eigenvalue weighted by molar-refractivity contribution is 5.82. The lowest BCUT2D eigenvalue weighted by atomic mass is 10.1. The van der Waals surface area contributed by atoms with E-state index in [1.54, 1.807) is 0 Å². The fourth-order valence-corrected chi connectivity index (χ4v) is 2.52. The molecule has 1 aromatic heterocycles. The summed E-state index contributed by atoms with van der Waals surface area (Å²) >= 11 is 0. The second-order valence-corrected chi connectivity index (χ2v) is 5.11. The number of benzene rings is 1. The number of furan rings is 1. The van der Waals surface area contributed by atoms with Crippen molar-refractivity contribution in [2.24, 2.45) is 0 Å². The van der Waals surface area contributed by atoms with Gasteiger partial charge >= 0.3 is 0 Å². The van der Waals surface area contributed by atoms with E-state index in [0.29, 0.717) is 6.61 Å². The van der Waals surface area contributed by atoms with E-state index in [1.165, 1.54) is 5.56 Å². The second kappa shape index (κ2) is 8.17. The Kier molecular flexibility index (Phi) is 6.23. The van der Waals surface area contributed by atoms with E-state index in [-0.39, 0.29) is 0 Å². The SMILES string of the molecule is CCN(CC)CCOCc1c(CNC)oc2ccccc12. The summed E-state index contributed by atoms with van der Waals surface area (Å²) < 4.78 is 11.8. The Morgan fingerprint density at radius 2 is 1.95 bits per heavy atom. The smallest absolute Gasteiger partial charge is 0.134 e. The molecule has 0 atom stereocenters. The van der Waals surface area contributed by atoms with Crippen molar-refractivity contribution in [2.75, 3.05) is 33.3 Å². The summed E-state index contributed by atoms with van der Waals surface area (Å²) in [5.41, 5.74) is 2.10. The lowest BCUT2D eigenvalue weighted by molar-refractivity contribution is 0.0952. The molecular formula is C17H26N2O2. The van der Waals surface area contributed by atoms with Gasteiger partial charge in [-0.3, -0.25) is 0 Å². The minimum absolute atomic E-state index is 0.606. The topological polar surface area (TPSA) is 37.6 Å². The van der Waals surface area contributed by atoms with Crippen molar-refractivity contribution in [3.8, 4) is 0 Å². The van der Waals surface area contributed by atoms with Gasteiger partial charge in [-0.25, -0.2) is 0 Å². The third-order valence-electron chi connectivity index (χ3n) is 3.81. The molecule has 0 unspecified atom stereocenters. The zero-order valence-corrected chi connectivity index (χ0v) is 13.3. The Bertz CT molecular complexity index is 547. The standard InChI is InChI=1S/C17H26N2O2/c1-4-19(5-2)10-11-20-13-15-14-8-6-7-9-16(14)21-17(15)12-18-3/h6-9,18H,4-5,10-13H2,1-3H3. The van der Waals surface area contributed by atoms with Crippen LogP contribution in [-0.2, 0) is 17.9 Å². The van der Waals surface area contributed by atoms with Crippen LogP contribution in [0.4, 0.5) is 0 Å². The minimum Gasteiger partial charge on any atom is -0.459 e. The molecule has 1 aromatic carbocycles. The monoisotopic (exact) mass is 290 g/mol. The Morgan fingerprint density at radius 3 is 2.67 bits per heavy atom. The number of hydrogen-bond acceptors (Lipinski definition) is 4. The number of nitrogens with zero attached hydrogens (tertiary/aromatic N) is 1. The molecule has 0 spiro atoms. The van der Waals surface area contributed by atoms with Gasteiger partial charge in [0.05, 0.1) is 19.8 Å². The van der Waals surface area contributed by atoms with E-state index in [1.807, 2.05) is 25.2 Å². The molecule has 0 bridgehead atoms. The lowest BCUT2D eigenvalue weighted by Crippen LogP contribution is -2.27. The van der Waals surface area contributed by atoms with Gasteiger partial charge in [-0.1, -0.05) is 32.0 Å². The molecular weight excluding hydrogens is 264 g/mol. The van der Waals surface area contributed by atoms with Gasteiger partial charge in [-0.15, -0.1) is 0 Å². The molecule has 0 saturated carbocycles. The fourth-order valence-electron chi connectivity index (χ4n) is 2.52. The van der Waals surface area contributed by atoms with Crippen molar-refractivity contribution >= 4 is 11.0 Å². The Balaban J connectivity index is 2.01. The van der Waals surface area contributed by atoms with E-state index >= 15 is 0 Å². The van der Waals surface area contributed by atoms with Crippen molar-refractivity contribution in [3.05, 3.63) is 35.6 Å². The highest BCUT2D eigenvalue weighted by Crippen LogP contribution is 2.26. The first-order chi connectivity index (χ1) is 10.3. The number of fused-ring (bicyclic) bond motifs is 1. The van der Waals surface area contributed by atoms with Gasteiger partial charge in [-0.05, 0) is 26.2 Å². The zero-order valence-electron chi connectivity index (χ0n) is 13.3. The maximum Gasteiger partial charge on any atom is 0.134 e. The van der Waals surface area contributed by atoms with E-state index in [0.717, 1.165) is 49.5 Å². The summed E-state index contributed by atoms with van der Waals surface area (Å²) in [6, 6.07) is 8.15. The van der Waals surface area contributed by atoms with Gasteiger partial charge < -0.3 is 19.4 Å². The average Bonchev–Trinajstić information content (AvgIpc) is 2.85. The number of nitrogens with one attached hydrogen (secondary N) is 1. The summed E-state index contributed by atoms with van der Waals surface area (Å²) in [4.78, 5) is 2.36. The third kappa shape index (κ3) is 4.06. The Morgan fingerprint density at radius 1 is 1.19 bits per heavy atom. The molecule has 0 fully saturated rings. The van der Waals surface area contributed by atoms with Crippen LogP contribution in [0.5, 0.6) is 0 Å². The summed E-state index contributed by atoms with van der Waals surface area (Å²) in [7, 11) is 1.93. The van der Waals surface area contributed by atoms with Crippen molar-refractivity contribution in [2.45, 2.75) is 27.0 Å². The number of rotatable bonds is 9. The van der Waals surface area contributed by atoms with E-state index in [9.17, 15) is 0 Å². The maximum absolute atomic E-state index is 5.91. The third-order valence-corrected chi connectivity index (χ3v) is 3.81. The first-order valence-electron chi connectivity index (χ1n) is 7.74. The summed E-state index contributed by atoms with van der Waals surface area (Å²) in [5, 5.41) is 4.31. The Labute approximate surface area is 127 Å². The van der Waals surface area contributed by atoms with Crippen LogP contribution in [0.25, 0.3) is 11.0 Å². The fraction of sp³-hybridized carbons (Fsp3) is 0.529. The van der Waals surface area contributed by atoms with Gasteiger partial charge in [0.15, 0.2) is 0 Å². The number of hydrogen-bond donors (Lipinski definition) is 1. The van der Waals surface area contributed by atoms with Gasteiger partial charge in [0.1, 0.15) is 11.3 Å². The molecule has 0 aliphatic carbocycles. The number of ether oxygens (including phenoxy) is 1. The van der Waals surface area contributed by atoms with E-state index < -0.39 is 0 Å². The molecule has 0 saturated heterocycles. The van der Waals surface area contributed by atoms with E-state index in [4.69, 9.17) is 9.15 Å². The first kappa shape index (κ1) is 16.0. The van der Waals surface area contributed by atoms with E-state index in [2.05, 4.69) is 30.1 Å². The van der Waals surface area contributed by atoms with Crippen molar-refractivity contribution in [3.63, 3.8) is 0 Å². The summed E-state index contributed by atoms with van der Waals surface area (Å²) in [6.45, 7) is 9.55. The molecule has 2 aromatic rings. The molecule has 0 amide bonds. The first-order valence-corrected chi connectivity index (χ1v) is 7.74. The highest BCUT2D eigenvalue weighted by Gasteiger charge is 2.13.